The van der Waals surface area contributed by atoms with Gasteiger partial charge < -0.3 is 20.5 Å². The lowest BCUT2D eigenvalue weighted by Gasteiger charge is -2.05. The van der Waals surface area contributed by atoms with E-state index < -0.39 is 0 Å². The van der Waals surface area contributed by atoms with E-state index in [1.165, 1.54) is 6.08 Å². The van der Waals surface area contributed by atoms with Crippen molar-refractivity contribution in [3.63, 3.8) is 0 Å². The first-order valence-corrected chi connectivity index (χ1v) is 8.51. The summed E-state index contributed by atoms with van der Waals surface area (Å²) in [5.74, 6) is 1.75. The van der Waals surface area contributed by atoms with Gasteiger partial charge in [-0.1, -0.05) is 6.07 Å². The normalized spacial score (nSPS) is 12.8. The Kier molecular flexibility index (Phi) is 3.77. The lowest BCUT2D eigenvalue weighted by atomic mass is 10.0. The van der Waals surface area contributed by atoms with Crippen molar-refractivity contribution in [1.82, 2.24) is 10.3 Å². The maximum Gasteiger partial charge on any atom is 0.243 e. The molecule has 1 aromatic carbocycles. The van der Waals surface area contributed by atoms with Crippen LogP contribution in [0.25, 0.3) is 27.3 Å². The lowest BCUT2D eigenvalue weighted by molar-refractivity contribution is -0.115. The third-order valence-electron chi connectivity index (χ3n) is 4.00. The number of carbonyl (C=O) groups is 1. The fraction of sp³-hybridized carbons (Fsp3) is 0.111. The number of thiophene rings is 1. The van der Waals surface area contributed by atoms with Crippen LogP contribution in [-0.2, 0) is 4.79 Å². The number of pyridine rings is 1. The van der Waals surface area contributed by atoms with Gasteiger partial charge in [-0.2, -0.15) is 0 Å². The van der Waals surface area contributed by atoms with Gasteiger partial charge in [0.15, 0.2) is 11.5 Å². The summed E-state index contributed by atoms with van der Waals surface area (Å²) in [5, 5.41) is 5.47. The van der Waals surface area contributed by atoms with Crippen LogP contribution in [0.1, 0.15) is 5.56 Å². The van der Waals surface area contributed by atoms with Crippen molar-refractivity contribution in [1.29, 1.82) is 0 Å². The molecule has 3 aromatic rings. The number of hydrogen-bond donors (Lipinski definition) is 2. The second-order valence-electron chi connectivity index (χ2n) is 5.47. The van der Waals surface area contributed by atoms with Crippen molar-refractivity contribution in [3.05, 3.63) is 41.4 Å². The number of nitrogens with two attached hydrogens (primary N) is 1. The van der Waals surface area contributed by atoms with Crippen LogP contribution in [0.3, 0.4) is 0 Å². The summed E-state index contributed by atoms with van der Waals surface area (Å²) in [4.78, 5) is 15.7. The number of ether oxygens (including phenoxy) is 2. The van der Waals surface area contributed by atoms with Gasteiger partial charge in [0, 0.05) is 40.5 Å². The van der Waals surface area contributed by atoms with E-state index in [0.29, 0.717) is 5.82 Å². The summed E-state index contributed by atoms with van der Waals surface area (Å²) in [7, 11) is 1.59. The van der Waals surface area contributed by atoms with E-state index in [9.17, 15) is 4.79 Å². The predicted molar refractivity (Wildman–Crippen MR) is 98.7 cm³/mol. The number of rotatable bonds is 3. The minimum absolute atomic E-state index is 0.169. The zero-order chi connectivity index (χ0) is 17.4. The van der Waals surface area contributed by atoms with Gasteiger partial charge >= 0.3 is 0 Å². The number of hydrogen-bond acceptors (Lipinski definition) is 6. The average molecular weight is 353 g/mol. The Morgan fingerprint density at radius 1 is 1.36 bits per heavy atom. The molecule has 0 saturated carbocycles. The van der Waals surface area contributed by atoms with Gasteiger partial charge in [-0.05, 0) is 29.2 Å². The number of nitrogen functional groups attached to an aromatic ring is 1. The number of fused-ring (bicyclic) bond motifs is 2. The zero-order valence-electron chi connectivity index (χ0n) is 13.4. The number of likely N-dealkylation sites (N-methyl/N-ethyl adjacent to an activating group) is 1. The van der Waals surface area contributed by atoms with Crippen LogP contribution in [0.4, 0.5) is 5.82 Å². The highest BCUT2D eigenvalue weighted by atomic mass is 32.1. The van der Waals surface area contributed by atoms with Crippen molar-refractivity contribution in [3.8, 4) is 22.6 Å². The van der Waals surface area contributed by atoms with Crippen LogP contribution in [-0.4, -0.2) is 24.7 Å². The van der Waals surface area contributed by atoms with Crippen LogP contribution >= 0.6 is 11.3 Å². The third kappa shape index (κ3) is 2.68. The molecule has 0 unspecified atom stereocenters. The molecule has 2 aromatic heterocycles. The van der Waals surface area contributed by atoms with E-state index in [-0.39, 0.29) is 12.7 Å². The first-order chi connectivity index (χ1) is 12.2. The number of anilines is 1. The first-order valence-electron chi connectivity index (χ1n) is 7.63. The molecule has 0 saturated heterocycles. The molecule has 1 aliphatic heterocycles. The van der Waals surface area contributed by atoms with Gasteiger partial charge in [0.05, 0.1) is 0 Å². The van der Waals surface area contributed by atoms with Crippen LogP contribution in [0.5, 0.6) is 11.5 Å². The quantitative estimate of drug-likeness (QED) is 0.707. The van der Waals surface area contributed by atoms with Crippen LogP contribution < -0.4 is 20.5 Å². The van der Waals surface area contributed by atoms with Gasteiger partial charge in [-0.15, -0.1) is 11.3 Å². The van der Waals surface area contributed by atoms with E-state index in [1.54, 1.807) is 30.7 Å². The van der Waals surface area contributed by atoms with Gasteiger partial charge in [-0.3, -0.25) is 4.79 Å². The van der Waals surface area contributed by atoms with Gasteiger partial charge in [0.1, 0.15) is 5.82 Å². The fourth-order valence-electron chi connectivity index (χ4n) is 2.73. The molecule has 126 valence electrons. The minimum Gasteiger partial charge on any atom is -0.454 e. The Morgan fingerprint density at radius 3 is 3.04 bits per heavy atom. The summed E-state index contributed by atoms with van der Waals surface area (Å²) in [6, 6.07) is 5.80. The predicted octanol–water partition coefficient (Wildman–Crippen LogP) is 3.03. The van der Waals surface area contributed by atoms with E-state index in [2.05, 4.69) is 10.3 Å². The molecule has 0 radical (unpaired) electrons. The van der Waals surface area contributed by atoms with E-state index >= 15 is 0 Å². The summed E-state index contributed by atoms with van der Waals surface area (Å²) in [5.41, 5.74) is 8.96. The van der Waals surface area contributed by atoms with Gasteiger partial charge in [0.25, 0.3) is 0 Å². The monoisotopic (exact) mass is 353 g/mol. The molecule has 3 N–H and O–H groups in total. The molecule has 0 fully saturated rings. The highest BCUT2D eigenvalue weighted by Gasteiger charge is 2.17. The molecule has 1 aliphatic rings. The maximum absolute atomic E-state index is 11.5. The largest absolute Gasteiger partial charge is 0.454 e. The molecule has 0 aliphatic carbocycles. The number of nitrogens with zero attached hydrogens (tertiary/aromatic N) is 1. The second kappa shape index (κ2) is 6.10. The molecule has 0 atom stereocenters. The Morgan fingerprint density at radius 2 is 2.20 bits per heavy atom. The Balaban J connectivity index is 1.84. The van der Waals surface area contributed by atoms with Gasteiger partial charge in [0.2, 0.25) is 12.7 Å². The minimum atomic E-state index is -0.169. The zero-order valence-corrected chi connectivity index (χ0v) is 14.2. The van der Waals surface area contributed by atoms with Crippen molar-refractivity contribution in [2.45, 2.75) is 0 Å². The van der Waals surface area contributed by atoms with Crippen LogP contribution in [0.15, 0.2) is 35.9 Å². The van der Waals surface area contributed by atoms with E-state index in [1.807, 2.05) is 23.6 Å². The lowest BCUT2D eigenvalue weighted by Crippen LogP contribution is -2.13. The highest BCUT2D eigenvalue weighted by molar-refractivity contribution is 7.18. The van der Waals surface area contributed by atoms with Crippen molar-refractivity contribution < 1.29 is 14.3 Å². The Hall–Kier alpha value is -3.06. The smallest absolute Gasteiger partial charge is 0.243 e. The SMILES string of the molecule is CNC(=O)/C=C/c1cnc(N)c2c(-c3ccc4c(c3)OCO4)csc12. The summed E-state index contributed by atoms with van der Waals surface area (Å²) in [6.45, 7) is 0.237. The summed E-state index contributed by atoms with van der Waals surface area (Å²) >= 11 is 1.57. The molecule has 25 heavy (non-hydrogen) atoms. The van der Waals surface area contributed by atoms with Crippen molar-refractivity contribution >= 4 is 39.2 Å². The van der Waals surface area contributed by atoms with E-state index in [0.717, 1.165) is 38.3 Å². The summed E-state index contributed by atoms with van der Waals surface area (Å²) in [6.07, 6.45) is 4.90. The van der Waals surface area contributed by atoms with Crippen LogP contribution in [0.2, 0.25) is 0 Å². The number of carbonyl (C=O) groups excluding carboxylic acids is 1. The molecule has 6 nitrogen and oxygen atoms in total. The highest BCUT2D eigenvalue weighted by Crippen LogP contribution is 2.42. The summed E-state index contributed by atoms with van der Waals surface area (Å²) < 4.78 is 11.8. The molecular weight excluding hydrogens is 338 g/mol. The average Bonchev–Trinajstić information content (AvgIpc) is 3.27. The maximum atomic E-state index is 11.5. The molecule has 7 heteroatoms. The fourth-order valence-corrected chi connectivity index (χ4v) is 3.81. The second-order valence-corrected chi connectivity index (χ2v) is 6.35. The first kappa shape index (κ1) is 15.5. The molecular formula is C18H15N3O3S. The van der Waals surface area contributed by atoms with Crippen molar-refractivity contribution in [2.75, 3.05) is 19.6 Å². The molecule has 1 amide bonds. The topological polar surface area (TPSA) is 86.5 Å². The van der Waals surface area contributed by atoms with E-state index in [4.69, 9.17) is 15.2 Å². The third-order valence-corrected chi connectivity index (χ3v) is 5.03. The molecule has 4 rings (SSSR count). The number of nitrogens with one attached hydrogen (secondary N) is 1. The van der Waals surface area contributed by atoms with Gasteiger partial charge in [-0.25, -0.2) is 4.98 Å². The molecule has 0 spiro atoms. The number of benzene rings is 1. The molecule has 0 bridgehead atoms. The Labute approximate surface area is 147 Å². The number of aromatic nitrogens is 1. The van der Waals surface area contributed by atoms with Crippen LogP contribution in [0, 0.1) is 0 Å². The van der Waals surface area contributed by atoms with Crippen molar-refractivity contribution in [2.24, 2.45) is 0 Å². The molecule has 3 heterocycles. The standard InChI is InChI=1S/C18H15N3O3S/c1-20-15(22)5-3-11-7-21-18(19)16-12(8-25-17(11)16)10-2-4-13-14(6-10)24-9-23-13/h2-8H,9H2,1H3,(H2,19,21)(H,20,22)/b5-3+. The Bertz CT molecular complexity index is 1010. The number of amides is 1.